The number of phenolic OH excluding ortho intramolecular Hbond substituents is 3. The van der Waals surface area contributed by atoms with Crippen LogP contribution in [0.3, 0.4) is 0 Å². The van der Waals surface area contributed by atoms with Gasteiger partial charge in [0, 0.05) is 17.7 Å². The van der Waals surface area contributed by atoms with Crippen LogP contribution >= 0.6 is 0 Å². The lowest BCUT2D eigenvalue weighted by atomic mass is 9.99. The van der Waals surface area contributed by atoms with Gasteiger partial charge in [-0.25, -0.2) is 0 Å². The van der Waals surface area contributed by atoms with E-state index in [1.807, 2.05) is 0 Å². The number of aromatic hydroxyl groups is 3. The highest BCUT2D eigenvalue weighted by Crippen LogP contribution is 2.43. The predicted molar refractivity (Wildman–Crippen MR) is 120 cm³/mol. The molecule has 1 saturated heterocycles. The molecule has 1 aromatic heterocycles. The highest BCUT2D eigenvalue weighted by atomic mass is 16.7. The summed E-state index contributed by atoms with van der Waals surface area (Å²) >= 11 is 0. The number of fused-ring (bicyclic) bond motifs is 1. The molecule has 194 valence electrons. The van der Waals surface area contributed by atoms with E-state index < -0.39 is 60.0 Å². The summed E-state index contributed by atoms with van der Waals surface area (Å²) < 4.78 is 27.1. The minimum absolute atomic E-state index is 0.0651. The standard InChI is InChI=1S/C23H24O13/c1-32-12-3-8(4-13(33-2)16(12)27)21-22(18(29)15-10(26)5-9(25)6-11(15)34-21)36-23-20(31)19(30)17(28)14(7-24)35-23/h3-6,14,17,19-20,23-28,30-31H,7H2,1-2H3/t14-,17-,19?,20?,23-/m1/s1. The first-order valence-corrected chi connectivity index (χ1v) is 10.6. The lowest BCUT2D eigenvalue weighted by Crippen LogP contribution is -2.60. The minimum atomic E-state index is -1.86. The van der Waals surface area contributed by atoms with Crippen molar-refractivity contribution in [1.29, 1.82) is 0 Å². The summed E-state index contributed by atoms with van der Waals surface area (Å²) in [6.45, 7) is -0.740. The van der Waals surface area contributed by atoms with Crippen molar-refractivity contribution in [3.8, 4) is 45.8 Å². The van der Waals surface area contributed by atoms with Crippen molar-refractivity contribution in [2.45, 2.75) is 30.7 Å². The van der Waals surface area contributed by atoms with E-state index in [2.05, 4.69) is 0 Å². The van der Waals surface area contributed by atoms with Gasteiger partial charge in [0.05, 0.1) is 20.8 Å². The van der Waals surface area contributed by atoms with Crippen molar-refractivity contribution in [1.82, 2.24) is 0 Å². The number of rotatable bonds is 6. The highest BCUT2D eigenvalue weighted by molar-refractivity contribution is 5.88. The van der Waals surface area contributed by atoms with Gasteiger partial charge < -0.3 is 59.1 Å². The SMILES string of the molecule is COc1cc(-c2oc3cc(O)cc(O)c3c(=O)c2O[C@H]2O[C@H](CO)[C@@H](O)C(O)C2O)cc(OC)c1O. The molecule has 0 saturated carbocycles. The number of ether oxygens (including phenoxy) is 4. The fraction of sp³-hybridized carbons (Fsp3) is 0.348. The van der Waals surface area contributed by atoms with Gasteiger partial charge in [-0.1, -0.05) is 0 Å². The Morgan fingerprint density at radius 1 is 0.917 bits per heavy atom. The molecule has 2 aromatic carbocycles. The predicted octanol–water partition coefficient (Wildman–Crippen LogP) is -0.227. The van der Waals surface area contributed by atoms with Crippen LogP contribution < -0.4 is 19.6 Å². The summed E-state index contributed by atoms with van der Waals surface area (Å²) in [4.78, 5) is 13.5. The van der Waals surface area contributed by atoms with Crippen LogP contribution in [0, 0.1) is 0 Å². The number of hydrogen-bond donors (Lipinski definition) is 7. The maximum Gasteiger partial charge on any atom is 0.239 e. The zero-order valence-corrected chi connectivity index (χ0v) is 19.0. The van der Waals surface area contributed by atoms with E-state index in [1.54, 1.807) is 0 Å². The molecule has 0 amide bonds. The van der Waals surface area contributed by atoms with Crippen LogP contribution in [0.1, 0.15) is 0 Å². The van der Waals surface area contributed by atoms with Gasteiger partial charge >= 0.3 is 0 Å². The molecule has 0 aliphatic carbocycles. The normalized spacial score (nSPS) is 24.0. The second-order valence-corrected chi connectivity index (χ2v) is 7.97. The maximum atomic E-state index is 13.5. The summed E-state index contributed by atoms with van der Waals surface area (Å²) in [6.07, 6.45) is -8.42. The molecule has 2 heterocycles. The Morgan fingerprint density at radius 2 is 1.56 bits per heavy atom. The number of aliphatic hydroxyl groups is 4. The molecule has 0 spiro atoms. The van der Waals surface area contributed by atoms with Crippen LogP contribution in [0.15, 0.2) is 33.5 Å². The number of aliphatic hydroxyl groups excluding tert-OH is 4. The third-order valence-corrected chi connectivity index (χ3v) is 5.74. The second-order valence-electron chi connectivity index (χ2n) is 7.97. The first-order chi connectivity index (χ1) is 17.1. The Hall–Kier alpha value is -3.75. The summed E-state index contributed by atoms with van der Waals surface area (Å²) in [6, 6.07) is 4.55. The Bertz CT molecular complexity index is 1310. The van der Waals surface area contributed by atoms with E-state index in [9.17, 15) is 40.5 Å². The van der Waals surface area contributed by atoms with Crippen LogP contribution in [0.25, 0.3) is 22.3 Å². The summed E-state index contributed by atoms with van der Waals surface area (Å²) in [7, 11) is 2.55. The summed E-state index contributed by atoms with van der Waals surface area (Å²) in [5, 5.41) is 70.1. The summed E-state index contributed by atoms with van der Waals surface area (Å²) in [5.41, 5.74) is -1.12. The second kappa shape index (κ2) is 9.72. The van der Waals surface area contributed by atoms with Crippen LogP contribution in [-0.4, -0.2) is 87.3 Å². The zero-order chi connectivity index (χ0) is 26.3. The first kappa shape index (κ1) is 25.3. The van der Waals surface area contributed by atoms with E-state index in [4.69, 9.17) is 23.4 Å². The van der Waals surface area contributed by atoms with Crippen LogP contribution in [-0.2, 0) is 4.74 Å². The molecule has 0 radical (unpaired) electrons. The quantitative estimate of drug-likeness (QED) is 0.230. The average Bonchev–Trinajstić information content (AvgIpc) is 2.85. The van der Waals surface area contributed by atoms with Crippen LogP contribution in [0.5, 0.6) is 34.5 Å². The molecule has 13 heteroatoms. The monoisotopic (exact) mass is 508 g/mol. The van der Waals surface area contributed by atoms with Gasteiger partial charge in [0.25, 0.3) is 0 Å². The topological polar surface area (TPSA) is 209 Å². The number of benzene rings is 2. The van der Waals surface area contributed by atoms with Gasteiger partial charge in [-0.15, -0.1) is 0 Å². The van der Waals surface area contributed by atoms with Crippen molar-refractivity contribution in [2.24, 2.45) is 0 Å². The Kier molecular flexibility index (Phi) is 6.84. The van der Waals surface area contributed by atoms with Gasteiger partial charge in [-0.2, -0.15) is 0 Å². The van der Waals surface area contributed by atoms with Crippen LogP contribution in [0.2, 0.25) is 0 Å². The molecular weight excluding hydrogens is 484 g/mol. The molecule has 4 rings (SSSR count). The van der Waals surface area contributed by atoms with Crippen molar-refractivity contribution in [2.75, 3.05) is 20.8 Å². The average molecular weight is 508 g/mol. The molecule has 1 aliphatic rings. The van der Waals surface area contributed by atoms with Crippen molar-refractivity contribution < 1.29 is 59.1 Å². The largest absolute Gasteiger partial charge is 0.508 e. The fourth-order valence-corrected chi connectivity index (χ4v) is 3.87. The molecule has 1 aliphatic heterocycles. The van der Waals surface area contributed by atoms with Gasteiger partial charge in [-0.3, -0.25) is 4.79 Å². The third-order valence-electron chi connectivity index (χ3n) is 5.74. The highest BCUT2D eigenvalue weighted by Gasteiger charge is 2.45. The molecule has 7 N–H and O–H groups in total. The molecule has 1 fully saturated rings. The van der Waals surface area contributed by atoms with Gasteiger partial charge in [0.2, 0.25) is 23.2 Å². The lowest BCUT2D eigenvalue weighted by molar-refractivity contribution is -0.277. The first-order valence-electron chi connectivity index (χ1n) is 10.6. The fourth-order valence-electron chi connectivity index (χ4n) is 3.87. The Labute approximate surface area is 202 Å². The van der Waals surface area contributed by atoms with E-state index in [0.29, 0.717) is 0 Å². The molecule has 0 bridgehead atoms. The Balaban J connectivity index is 1.96. The van der Waals surface area contributed by atoms with Crippen molar-refractivity contribution in [3.05, 3.63) is 34.5 Å². The van der Waals surface area contributed by atoms with Crippen molar-refractivity contribution >= 4 is 11.0 Å². The van der Waals surface area contributed by atoms with Gasteiger partial charge in [-0.05, 0) is 12.1 Å². The zero-order valence-electron chi connectivity index (χ0n) is 19.0. The van der Waals surface area contributed by atoms with E-state index in [-0.39, 0.29) is 39.5 Å². The lowest BCUT2D eigenvalue weighted by Gasteiger charge is -2.39. The molecule has 5 atom stereocenters. The molecule has 3 aromatic rings. The van der Waals surface area contributed by atoms with Gasteiger partial charge in [0.15, 0.2) is 17.3 Å². The number of phenols is 3. The maximum absolute atomic E-state index is 13.5. The van der Waals surface area contributed by atoms with Gasteiger partial charge in [0.1, 0.15) is 46.9 Å². The molecule has 36 heavy (non-hydrogen) atoms. The number of hydrogen-bond acceptors (Lipinski definition) is 13. The van der Waals surface area contributed by atoms with E-state index in [0.717, 1.165) is 12.1 Å². The van der Waals surface area contributed by atoms with Crippen LogP contribution in [0.4, 0.5) is 0 Å². The molecule has 13 nitrogen and oxygen atoms in total. The van der Waals surface area contributed by atoms with E-state index in [1.165, 1.54) is 26.4 Å². The number of methoxy groups -OCH3 is 2. The molecule has 2 unspecified atom stereocenters. The Morgan fingerprint density at radius 3 is 2.14 bits per heavy atom. The molecular formula is C23H24O13. The third kappa shape index (κ3) is 4.23. The smallest absolute Gasteiger partial charge is 0.239 e. The van der Waals surface area contributed by atoms with Crippen molar-refractivity contribution in [3.63, 3.8) is 0 Å². The van der Waals surface area contributed by atoms with E-state index >= 15 is 0 Å². The minimum Gasteiger partial charge on any atom is -0.508 e. The summed E-state index contributed by atoms with van der Waals surface area (Å²) in [5.74, 6) is -2.44.